The minimum absolute atomic E-state index is 0.0400. The Labute approximate surface area is 82.0 Å². The maximum atomic E-state index is 11.6. The number of thiocarbonyl (C=S) groups is 1. The van der Waals surface area contributed by atoms with E-state index in [0.717, 1.165) is 12.8 Å². The molecular weight excluding hydrogens is 188 g/mol. The summed E-state index contributed by atoms with van der Waals surface area (Å²) in [7, 11) is 1.60. The first kappa shape index (κ1) is 8.90. The number of hydrogen-bond donors (Lipinski definition) is 2. The molecule has 0 aromatic carbocycles. The van der Waals surface area contributed by atoms with Crippen LogP contribution in [0.1, 0.15) is 12.8 Å². The summed E-state index contributed by atoms with van der Waals surface area (Å²) >= 11 is 4.91. The number of carbonyl (C=O) groups is 1. The van der Waals surface area contributed by atoms with Gasteiger partial charge in [-0.2, -0.15) is 0 Å². The fourth-order valence-electron chi connectivity index (χ4n) is 1.82. The van der Waals surface area contributed by atoms with Gasteiger partial charge in [0.1, 0.15) is 5.54 Å². The second-order valence-electron chi connectivity index (χ2n) is 3.59. The van der Waals surface area contributed by atoms with Gasteiger partial charge >= 0.3 is 0 Å². The number of amides is 1. The zero-order valence-electron chi connectivity index (χ0n) is 7.42. The summed E-state index contributed by atoms with van der Waals surface area (Å²) in [6.45, 7) is 0.393. The van der Waals surface area contributed by atoms with Crippen LogP contribution in [0.15, 0.2) is 0 Å². The normalized spacial score (nSPS) is 33.0. The van der Waals surface area contributed by atoms with E-state index in [1.54, 1.807) is 7.11 Å². The molecule has 2 fully saturated rings. The zero-order chi connectivity index (χ0) is 9.47. The van der Waals surface area contributed by atoms with Crippen molar-refractivity contribution < 1.29 is 9.53 Å². The van der Waals surface area contributed by atoms with Crippen molar-refractivity contribution in [3.63, 3.8) is 0 Å². The van der Waals surface area contributed by atoms with Gasteiger partial charge in [0.25, 0.3) is 5.91 Å². The minimum Gasteiger partial charge on any atom is -0.382 e. The molecule has 0 bridgehead atoms. The van der Waals surface area contributed by atoms with Crippen molar-refractivity contribution in [2.45, 2.75) is 18.4 Å². The SMILES string of the molecule is COCC1(C2CC2)NC(=S)NC1=O. The van der Waals surface area contributed by atoms with Crippen molar-refractivity contribution in [1.29, 1.82) is 0 Å². The highest BCUT2D eigenvalue weighted by Gasteiger charge is 2.54. The second-order valence-corrected chi connectivity index (χ2v) is 4.00. The molecule has 1 aliphatic heterocycles. The molecule has 5 heteroatoms. The molecule has 1 atom stereocenters. The van der Waals surface area contributed by atoms with E-state index in [9.17, 15) is 4.79 Å². The summed E-state index contributed by atoms with van der Waals surface area (Å²) in [4.78, 5) is 11.6. The lowest BCUT2D eigenvalue weighted by Gasteiger charge is -2.24. The summed E-state index contributed by atoms with van der Waals surface area (Å²) in [5.74, 6) is 0.342. The van der Waals surface area contributed by atoms with Crippen LogP contribution in [-0.4, -0.2) is 30.3 Å². The van der Waals surface area contributed by atoms with E-state index in [0.29, 0.717) is 17.6 Å². The van der Waals surface area contributed by atoms with Gasteiger partial charge in [0.05, 0.1) is 6.61 Å². The first-order valence-corrected chi connectivity index (χ1v) is 4.72. The lowest BCUT2D eigenvalue weighted by atomic mass is 9.95. The molecule has 13 heavy (non-hydrogen) atoms. The van der Waals surface area contributed by atoms with E-state index in [4.69, 9.17) is 17.0 Å². The van der Waals surface area contributed by atoms with Gasteiger partial charge in [-0.15, -0.1) is 0 Å². The van der Waals surface area contributed by atoms with Gasteiger partial charge in [-0.1, -0.05) is 0 Å². The van der Waals surface area contributed by atoms with Crippen molar-refractivity contribution in [3.05, 3.63) is 0 Å². The third-order valence-electron chi connectivity index (χ3n) is 2.62. The Morgan fingerprint density at radius 2 is 2.38 bits per heavy atom. The molecule has 1 aliphatic carbocycles. The molecule has 1 heterocycles. The van der Waals surface area contributed by atoms with Crippen LogP contribution >= 0.6 is 12.2 Å². The van der Waals surface area contributed by atoms with E-state index >= 15 is 0 Å². The number of carbonyl (C=O) groups excluding carboxylic acids is 1. The van der Waals surface area contributed by atoms with Gasteiger partial charge in [0.15, 0.2) is 5.11 Å². The molecule has 1 unspecified atom stereocenters. The van der Waals surface area contributed by atoms with Gasteiger partial charge in [-0.25, -0.2) is 0 Å². The van der Waals surface area contributed by atoms with Gasteiger partial charge in [-0.05, 0) is 31.0 Å². The number of hydrogen-bond acceptors (Lipinski definition) is 3. The minimum atomic E-state index is -0.578. The molecule has 2 rings (SSSR count). The van der Waals surface area contributed by atoms with E-state index in [1.165, 1.54) is 0 Å². The third kappa shape index (κ3) is 1.32. The number of nitrogens with one attached hydrogen (secondary N) is 2. The topological polar surface area (TPSA) is 50.4 Å². The average Bonchev–Trinajstić information content (AvgIpc) is 2.82. The molecule has 0 aromatic rings. The quantitative estimate of drug-likeness (QED) is 0.619. The van der Waals surface area contributed by atoms with Gasteiger partial charge in [0, 0.05) is 7.11 Å². The van der Waals surface area contributed by atoms with Crippen molar-refractivity contribution in [3.8, 4) is 0 Å². The number of methoxy groups -OCH3 is 1. The second kappa shape index (κ2) is 2.92. The molecule has 2 aliphatic rings. The molecule has 1 saturated heterocycles. The van der Waals surface area contributed by atoms with Crippen LogP contribution < -0.4 is 10.6 Å². The van der Waals surface area contributed by atoms with E-state index in [-0.39, 0.29) is 5.91 Å². The molecule has 4 nitrogen and oxygen atoms in total. The maximum absolute atomic E-state index is 11.6. The van der Waals surface area contributed by atoms with Gasteiger partial charge in [0.2, 0.25) is 0 Å². The molecule has 1 saturated carbocycles. The third-order valence-corrected chi connectivity index (χ3v) is 2.82. The predicted molar refractivity (Wildman–Crippen MR) is 51.2 cm³/mol. The van der Waals surface area contributed by atoms with E-state index in [1.807, 2.05) is 0 Å². The van der Waals surface area contributed by atoms with Gasteiger partial charge < -0.3 is 15.4 Å². The average molecular weight is 200 g/mol. The first-order chi connectivity index (χ1) is 6.19. The fraction of sp³-hybridized carbons (Fsp3) is 0.750. The molecule has 0 radical (unpaired) electrons. The van der Waals surface area contributed by atoms with Crippen LogP contribution in [0.25, 0.3) is 0 Å². The Hall–Kier alpha value is -0.680. The van der Waals surface area contributed by atoms with Crippen molar-refractivity contribution in [1.82, 2.24) is 10.6 Å². The van der Waals surface area contributed by atoms with Crippen LogP contribution in [0.2, 0.25) is 0 Å². The predicted octanol–water partition coefficient (Wildman–Crippen LogP) is -0.214. The summed E-state index contributed by atoms with van der Waals surface area (Å²) in [5.41, 5.74) is -0.578. The Morgan fingerprint density at radius 3 is 2.77 bits per heavy atom. The van der Waals surface area contributed by atoms with Gasteiger partial charge in [-0.3, -0.25) is 4.79 Å². The monoisotopic (exact) mass is 200 g/mol. The molecule has 2 N–H and O–H groups in total. The van der Waals surface area contributed by atoms with Crippen LogP contribution in [0.3, 0.4) is 0 Å². The maximum Gasteiger partial charge on any atom is 0.254 e. The van der Waals surface area contributed by atoms with Crippen molar-refractivity contribution >= 4 is 23.2 Å². The lowest BCUT2D eigenvalue weighted by Crippen LogP contribution is -2.52. The molecule has 0 spiro atoms. The summed E-state index contributed by atoms with van der Waals surface area (Å²) in [5, 5.41) is 6.07. The zero-order valence-corrected chi connectivity index (χ0v) is 8.24. The molecule has 72 valence electrons. The smallest absolute Gasteiger partial charge is 0.254 e. The van der Waals surface area contributed by atoms with E-state index in [2.05, 4.69) is 10.6 Å². The standard InChI is InChI=1S/C8H12N2O2S/c1-12-4-8(5-2-3-5)6(11)9-7(13)10-8/h5H,2-4H2,1H3,(H2,9,10,11,13). The highest BCUT2D eigenvalue weighted by molar-refractivity contribution is 7.80. The van der Waals surface area contributed by atoms with Crippen LogP contribution in [-0.2, 0) is 9.53 Å². The van der Waals surface area contributed by atoms with Crippen LogP contribution in [0, 0.1) is 5.92 Å². The molecule has 0 aromatic heterocycles. The van der Waals surface area contributed by atoms with Crippen molar-refractivity contribution in [2.24, 2.45) is 5.92 Å². The van der Waals surface area contributed by atoms with Crippen LogP contribution in [0.4, 0.5) is 0 Å². The Balaban J connectivity index is 2.21. The van der Waals surface area contributed by atoms with Crippen molar-refractivity contribution in [2.75, 3.05) is 13.7 Å². The highest BCUT2D eigenvalue weighted by atomic mass is 32.1. The number of rotatable bonds is 3. The largest absolute Gasteiger partial charge is 0.382 e. The Kier molecular flexibility index (Phi) is 2.00. The molecular formula is C8H12N2O2S. The Morgan fingerprint density at radius 1 is 1.69 bits per heavy atom. The lowest BCUT2D eigenvalue weighted by molar-refractivity contribution is -0.126. The van der Waals surface area contributed by atoms with E-state index < -0.39 is 5.54 Å². The fourth-order valence-corrected chi connectivity index (χ4v) is 2.09. The van der Waals surface area contributed by atoms with Crippen LogP contribution in [0.5, 0.6) is 0 Å². The highest BCUT2D eigenvalue weighted by Crippen LogP contribution is 2.41. The first-order valence-electron chi connectivity index (χ1n) is 4.31. The summed E-state index contributed by atoms with van der Waals surface area (Å²) in [6.07, 6.45) is 2.15. The Bertz CT molecular complexity index is 265. The summed E-state index contributed by atoms with van der Waals surface area (Å²) in [6, 6.07) is 0. The summed E-state index contributed by atoms with van der Waals surface area (Å²) < 4.78 is 5.07. The number of ether oxygens (including phenoxy) is 1. The molecule has 1 amide bonds.